The summed E-state index contributed by atoms with van der Waals surface area (Å²) in [6, 6.07) is 13.9. The summed E-state index contributed by atoms with van der Waals surface area (Å²) in [6.07, 6.45) is 7.93. The lowest BCUT2D eigenvalue weighted by Crippen LogP contribution is -2.30. The largest absolute Gasteiger partial charge is 0.494 e. The number of pyridine rings is 1. The third kappa shape index (κ3) is 5.75. The van der Waals surface area contributed by atoms with Crippen LogP contribution in [0, 0.1) is 5.82 Å². The van der Waals surface area contributed by atoms with E-state index in [0.29, 0.717) is 29.2 Å². The Morgan fingerprint density at radius 1 is 1.07 bits per heavy atom. The van der Waals surface area contributed by atoms with Crippen LogP contribution < -0.4 is 21.1 Å². The fraction of sp³-hybridized carbons (Fsp3) is 0.233. The minimum Gasteiger partial charge on any atom is -0.494 e. The van der Waals surface area contributed by atoms with E-state index in [4.69, 9.17) is 15.2 Å². The first-order valence-corrected chi connectivity index (χ1v) is 12.9. The number of esters is 1. The van der Waals surface area contributed by atoms with E-state index in [-0.39, 0.29) is 23.6 Å². The average molecular weight is 544 g/mol. The fourth-order valence-corrected chi connectivity index (χ4v) is 4.51. The van der Waals surface area contributed by atoms with Crippen molar-refractivity contribution >= 4 is 17.5 Å². The van der Waals surface area contributed by atoms with Crippen molar-refractivity contribution in [2.75, 3.05) is 14.2 Å². The number of benzene rings is 2. The topological polar surface area (TPSA) is 120 Å². The van der Waals surface area contributed by atoms with Crippen LogP contribution in [0.4, 0.5) is 4.39 Å². The van der Waals surface area contributed by atoms with Crippen molar-refractivity contribution in [2.45, 2.75) is 31.8 Å². The van der Waals surface area contributed by atoms with Gasteiger partial charge in [-0.05, 0) is 59.7 Å². The Bertz CT molecular complexity index is 1590. The smallest absolute Gasteiger partial charge is 0.337 e. The van der Waals surface area contributed by atoms with Gasteiger partial charge in [-0.2, -0.15) is 0 Å². The molecule has 1 aliphatic carbocycles. The van der Waals surface area contributed by atoms with Crippen LogP contribution >= 0.6 is 0 Å². The van der Waals surface area contributed by atoms with Gasteiger partial charge in [0.05, 0.1) is 32.0 Å². The maximum atomic E-state index is 15.3. The third-order valence-corrected chi connectivity index (χ3v) is 6.85. The van der Waals surface area contributed by atoms with Gasteiger partial charge in [0.25, 0.3) is 5.91 Å². The number of hydrogen-bond donors (Lipinski definition) is 3. The number of fused-ring (bicyclic) bond motifs is 1. The highest BCUT2D eigenvalue weighted by Gasteiger charge is 2.23. The molecule has 0 aliphatic heterocycles. The minimum absolute atomic E-state index is 0.0427. The number of aromatic nitrogens is 2. The van der Waals surface area contributed by atoms with Crippen LogP contribution in [0.3, 0.4) is 0 Å². The number of nitrogens with zero attached hydrogens (tertiary/aromatic N) is 2. The van der Waals surface area contributed by atoms with Gasteiger partial charge < -0.3 is 30.2 Å². The minimum atomic E-state index is -0.602. The van der Waals surface area contributed by atoms with Gasteiger partial charge in [0.15, 0.2) is 11.6 Å². The monoisotopic (exact) mass is 543 g/mol. The van der Waals surface area contributed by atoms with E-state index in [9.17, 15) is 9.59 Å². The molecule has 1 saturated carbocycles. The number of nitrogens with two attached hydrogens (primary N) is 1. The lowest BCUT2D eigenvalue weighted by molar-refractivity contribution is -0.117. The van der Waals surface area contributed by atoms with Crippen LogP contribution in [-0.2, 0) is 22.6 Å². The zero-order valence-electron chi connectivity index (χ0n) is 22.2. The van der Waals surface area contributed by atoms with Crippen molar-refractivity contribution in [3.63, 3.8) is 0 Å². The summed E-state index contributed by atoms with van der Waals surface area (Å²) in [5.41, 5.74) is 10.7. The van der Waals surface area contributed by atoms with Crippen molar-refractivity contribution < 1.29 is 23.5 Å². The highest BCUT2D eigenvalue weighted by molar-refractivity contribution is 5.92. The first-order valence-electron chi connectivity index (χ1n) is 12.9. The number of methoxy groups -OCH3 is 2. The van der Waals surface area contributed by atoms with E-state index in [1.165, 1.54) is 44.9 Å². The van der Waals surface area contributed by atoms with Gasteiger partial charge in [-0.3, -0.25) is 4.79 Å². The van der Waals surface area contributed by atoms with Crippen molar-refractivity contribution in [1.29, 1.82) is 0 Å². The summed E-state index contributed by atoms with van der Waals surface area (Å²) in [6.45, 7) is 0.241. The van der Waals surface area contributed by atoms with Crippen LogP contribution in [0.5, 0.6) is 5.75 Å². The summed E-state index contributed by atoms with van der Waals surface area (Å²) in [4.78, 5) is 29.1. The van der Waals surface area contributed by atoms with Gasteiger partial charge in [-0.1, -0.05) is 24.3 Å². The molecule has 0 unspecified atom stereocenters. The Morgan fingerprint density at radius 3 is 2.55 bits per heavy atom. The van der Waals surface area contributed by atoms with Crippen molar-refractivity contribution in [2.24, 2.45) is 5.73 Å². The first kappa shape index (κ1) is 26.7. The summed E-state index contributed by atoms with van der Waals surface area (Å²) in [5, 5.41) is 5.69. The van der Waals surface area contributed by atoms with E-state index in [2.05, 4.69) is 27.9 Å². The molecule has 206 valence electrons. The predicted octanol–water partition coefficient (Wildman–Crippen LogP) is 4.02. The Morgan fingerprint density at radius 2 is 1.85 bits per heavy atom. The van der Waals surface area contributed by atoms with Gasteiger partial charge in [-0.15, -0.1) is 0 Å². The number of rotatable bonds is 10. The molecule has 0 radical (unpaired) electrons. The normalized spacial score (nSPS) is 13.2. The zero-order chi connectivity index (χ0) is 28.2. The van der Waals surface area contributed by atoms with Crippen LogP contribution in [0.25, 0.3) is 16.8 Å². The second kappa shape index (κ2) is 11.5. The van der Waals surface area contributed by atoms with Gasteiger partial charge in [0.1, 0.15) is 11.3 Å². The second-order valence-corrected chi connectivity index (χ2v) is 9.57. The molecule has 1 aliphatic rings. The molecule has 0 spiro atoms. The number of amides is 1. The van der Waals surface area contributed by atoms with Crippen molar-refractivity contribution in [3.05, 3.63) is 101 Å². The Labute approximate surface area is 230 Å². The summed E-state index contributed by atoms with van der Waals surface area (Å²) >= 11 is 0. The summed E-state index contributed by atoms with van der Waals surface area (Å²) in [7, 11) is 2.67. The molecule has 0 bridgehead atoms. The summed E-state index contributed by atoms with van der Waals surface area (Å²) in [5.74, 6) is -0.940. The van der Waals surface area contributed by atoms with Crippen LogP contribution in [0.1, 0.15) is 45.9 Å². The van der Waals surface area contributed by atoms with Gasteiger partial charge in [-0.25, -0.2) is 14.2 Å². The zero-order valence-corrected chi connectivity index (χ0v) is 22.2. The third-order valence-electron chi connectivity index (χ3n) is 6.85. The molecule has 4 N–H and O–H groups in total. The fourth-order valence-electron chi connectivity index (χ4n) is 4.51. The SMILES string of the molecule is COC(=O)c1ccc(-c2ccc(OC)c(F)c2CNC(=O)/C(N)=C/NCc2cn3cc(C4CC4)ccc3n2)cc1. The maximum Gasteiger partial charge on any atom is 0.337 e. The van der Waals surface area contributed by atoms with Gasteiger partial charge >= 0.3 is 5.97 Å². The van der Waals surface area contributed by atoms with Crippen LogP contribution in [-0.4, -0.2) is 35.5 Å². The van der Waals surface area contributed by atoms with Crippen molar-refractivity contribution in [1.82, 2.24) is 20.0 Å². The molecule has 40 heavy (non-hydrogen) atoms. The number of imidazole rings is 1. The quantitative estimate of drug-likeness (QED) is 0.204. The lowest BCUT2D eigenvalue weighted by Gasteiger charge is -2.15. The molecule has 1 fully saturated rings. The molecule has 2 aromatic carbocycles. The molecule has 2 aromatic heterocycles. The molecule has 2 heterocycles. The first-order chi connectivity index (χ1) is 19.4. The molecule has 0 saturated heterocycles. The van der Waals surface area contributed by atoms with E-state index >= 15 is 4.39 Å². The number of carbonyl (C=O) groups is 2. The number of carbonyl (C=O) groups excluding carboxylic acids is 2. The predicted molar refractivity (Wildman–Crippen MR) is 148 cm³/mol. The molecular formula is C30H30FN5O4. The molecule has 1 amide bonds. The van der Waals surface area contributed by atoms with Crippen LogP contribution in [0.2, 0.25) is 0 Å². The molecule has 0 atom stereocenters. The van der Waals surface area contributed by atoms with Crippen LogP contribution in [0.15, 0.2) is 72.8 Å². The Kier molecular flexibility index (Phi) is 7.68. The molecule has 9 nitrogen and oxygen atoms in total. The van der Waals surface area contributed by atoms with E-state index in [1.807, 2.05) is 16.7 Å². The van der Waals surface area contributed by atoms with E-state index in [1.54, 1.807) is 30.3 Å². The molecule has 10 heteroatoms. The van der Waals surface area contributed by atoms with Gasteiger partial charge in [0, 0.05) is 30.7 Å². The summed E-state index contributed by atoms with van der Waals surface area (Å²) < 4.78 is 27.1. The molecule has 5 rings (SSSR count). The highest BCUT2D eigenvalue weighted by Crippen LogP contribution is 2.39. The van der Waals surface area contributed by atoms with Gasteiger partial charge in [0.2, 0.25) is 0 Å². The average Bonchev–Trinajstić information content (AvgIpc) is 3.75. The number of nitrogens with one attached hydrogen (secondary N) is 2. The molecular weight excluding hydrogens is 513 g/mol. The molecule has 4 aromatic rings. The maximum absolute atomic E-state index is 15.3. The standard InChI is InChI=1S/C30H30FN5O4/c1-39-26-11-10-23(19-5-7-20(8-6-19)30(38)40-2)24(28(26)31)14-34-29(37)25(32)15-33-13-22-17-36-16-21(18-3-4-18)9-12-27(36)35-22/h5-12,15-18,33H,3-4,13-14,32H2,1-2H3,(H,34,37)/b25-15-. The number of halogens is 1. The van der Waals surface area contributed by atoms with E-state index in [0.717, 1.165) is 11.3 Å². The second-order valence-electron chi connectivity index (χ2n) is 9.57. The Hall–Kier alpha value is -4.86. The number of hydrogen-bond acceptors (Lipinski definition) is 7. The van der Waals surface area contributed by atoms with E-state index < -0.39 is 17.7 Å². The number of ether oxygens (including phenoxy) is 2. The van der Waals surface area contributed by atoms with Crippen molar-refractivity contribution in [3.8, 4) is 16.9 Å². The highest BCUT2D eigenvalue weighted by atomic mass is 19.1. The Balaban J connectivity index is 1.24. The lowest BCUT2D eigenvalue weighted by atomic mass is 9.97.